The molecule has 5 atom stereocenters. The molecule has 0 aromatic carbocycles. The fourth-order valence-corrected chi connectivity index (χ4v) is 4.97. The van der Waals surface area contributed by atoms with Gasteiger partial charge in [-0.05, 0) is 13.3 Å². The van der Waals surface area contributed by atoms with E-state index in [-0.39, 0.29) is 6.04 Å². The molecule has 5 nitrogen and oxygen atoms in total. The van der Waals surface area contributed by atoms with Gasteiger partial charge in [0, 0.05) is 18.1 Å². The molecule has 1 aliphatic carbocycles. The van der Waals surface area contributed by atoms with E-state index in [2.05, 4.69) is 6.92 Å². The van der Waals surface area contributed by atoms with Gasteiger partial charge in [-0.25, -0.2) is 0 Å². The van der Waals surface area contributed by atoms with Crippen LogP contribution in [-0.4, -0.2) is 46.5 Å². The monoisotopic (exact) mass is 371 g/mol. The molecule has 1 saturated carbocycles. The largest absolute Gasteiger partial charge is 0.383 e. The highest BCUT2D eigenvalue weighted by atomic mass is 16.7. The first-order valence-corrected chi connectivity index (χ1v) is 10.7. The molecule has 0 spiro atoms. The SMILES string of the molecule is CCCCCCCCCCCCO[C@]12[C@@H](O)O[C@H]([C@H](C)N)[C@@]1(O)C2(C)C. The third kappa shape index (κ3) is 3.58. The van der Waals surface area contributed by atoms with Crippen molar-refractivity contribution in [1.82, 2.24) is 0 Å². The Labute approximate surface area is 159 Å². The van der Waals surface area contributed by atoms with E-state index in [9.17, 15) is 10.2 Å². The maximum absolute atomic E-state index is 11.1. The minimum absolute atomic E-state index is 0.362. The molecule has 2 aliphatic rings. The average Bonchev–Trinajstić information content (AvgIpc) is 2.82. The molecule has 1 heterocycles. The van der Waals surface area contributed by atoms with Gasteiger partial charge in [0.2, 0.25) is 0 Å². The van der Waals surface area contributed by atoms with Gasteiger partial charge >= 0.3 is 0 Å². The van der Waals surface area contributed by atoms with Crippen molar-refractivity contribution in [3.63, 3.8) is 0 Å². The third-order valence-corrected chi connectivity index (χ3v) is 6.73. The first-order valence-electron chi connectivity index (χ1n) is 10.7. The van der Waals surface area contributed by atoms with Crippen LogP contribution in [0.1, 0.15) is 91.9 Å². The van der Waals surface area contributed by atoms with E-state index < -0.39 is 29.0 Å². The number of hydrogen-bond donors (Lipinski definition) is 3. The first-order chi connectivity index (χ1) is 12.3. The van der Waals surface area contributed by atoms with Crippen LogP contribution in [-0.2, 0) is 9.47 Å². The van der Waals surface area contributed by atoms with Crippen LogP contribution in [0.15, 0.2) is 0 Å². The van der Waals surface area contributed by atoms with Gasteiger partial charge in [0.15, 0.2) is 11.9 Å². The van der Waals surface area contributed by atoms with Crippen LogP contribution in [0, 0.1) is 5.41 Å². The second-order valence-electron chi connectivity index (χ2n) is 8.93. The molecule has 2 rings (SSSR count). The zero-order valence-corrected chi connectivity index (χ0v) is 17.3. The summed E-state index contributed by atoms with van der Waals surface area (Å²) < 4.78 is 11.6. The number of unbranched alkanes of at least 4 members (excludes halogenated alkanes) is 9. The standard InChI is InChI=1S/C21H41NO4/c1-5-6-7-8-9-10-11-12-13-14-15-25-21-18(23)26-17(16(2)22)20(21,24)19(21,3)4/h16-18,23-24H,5-15,22H2,1-4H3/t16-,17+,18-,20+,21-/m0/s1. The van der Waals surface area contributed by atoms with E-state index in [4.69, 9.17) is 15.2 Å². The summed E-state index contributed by atoms with van der Waals surface area (Å²) in [5.41, 5.74) is 3.13. The Bertz CT molecular complexity index is 442. The lowest BCUT2D eigenvalue weighted by molar-refractivity contribution is -0.195. The van der Waals surface area contributed by atoms with Gasteiger partial charge in [-0.1, -0.05) is 78.6 Å². The van der Waals surface area contributed by atoms with Crippen LogP contribution in [0.2, 0.25) is 0 Å². The number of aliphatic hydroxyl groups is 2. The molecule has 0 amide bonds. The molecule has 0 radical (unpaired) electrons. The van der Waals surface area contributed by atoms with Gasteiger partial charge in [0.1, 0.15) is 11.7 Å². The summed E-state index contributed by atoms with van der Waals surface area (Å²) in [6.45, 7) is 8.43. The minimum Gasteiger partial charge on any atom is -0.383 e. The van der Waals surface area contributed by atoms with Crippen LogP contribution in [0.5, 0.6) is 0 Å². The summed E-state index contributed by atoms with van der Waals surface area (Å²) in [6, 6.07) is -0.362. The fraction of sp³-hybridized carbons (Fsp3) is 1.00. The Hall–Kier alpha value is -0.200. The van der Waals surface area contributed by atoms with Crippen LogP contribution in [0.3, 0.4) is 0 Å². The van der Waals surface area contributed by atoms with Crippen molar-refractivity contribution in [2.24, 2.45) is 11.1 Å². The van der Waals surface area contributed by atoms with Crippen LogP contribution in [0.4, 0.5) is 0 Å². The van der Waals surface area contributed by atoms with E-state index in [0.29, 0.717) is 6.61 Å². The number of aliphatic hydroxyl groups excluding tert-OH is 1. The van der Waals surface area contributed by atoms with Gasteiger partial charge in [-0.2, -0.15) is 0 Å². The number of ether oxygens (including phenoxy) is 2. The second-order valence-corrected chi connectivity index (χ2v) is 8.93. The topological polar surface area (TPSA) is 84.9 Å². The second kappa shape index (κ2) is 8.87. The molecule has 0 bridgehead atoms. The number of nitrogens with two attached hydrogens (primary N) is 1. The average molecular weight is 372 g/mol. The predicted octanol–water partition coefficient (Wildman–Crippen LogP) is 3.50. The number of hydrogen-bond acceptors (Lipinski definition) is 5. The Morgan fingerprint density at radius 3 is 1.96 bits per heavy atom. The highest BCUT2D eigenvalue weighted by Gasteiger charge is 2.93. The number of rotatable bonds is 13. The lowest BCUT2D eigenvalue weighted by atomic mass is 9.97. The Morgan fingerprint density at radius 2 is 1.50 bits per heavy atom. The molecule has 1 saturated heterocycles. The minimum atomic E-state index is -1.22. The molecule has 2 fully saturated rings. The lowest BCUT2D eigenvalue weighted by Crippen LogP contribution is -2.45. The molecule has 4 N–H and O–H groups in total. The summed E-state index contributed by atoms with van der Waals surface area (Å²) in [7, 11) is 0. The van der Waals surface area contributed by atoms with Gasteiger partial charge in [-0.15, -0.1) is 0 Å². The van der Waals surface area contributed by atoms with E-state index in [1.54, 1.807) is 6.92 Å². The Balaban J connectivity index is 1.65. The fourth-order valence-electron chi connectivity index (χ4n) is 4.97. The zero-order valence-electron chi connectivity index (χ0n) is 17.3. The highest BCUT2D eigenvalue weighted by molar-refractivity contribution is 5.40. The van der Waals surface area contributed by atoms with E-state index >= 15 is 0 Å². The smallest absolute Gasteiger partial charge is 0.188 e. The molecule has 5 heteroatoms. The normalized spacial score (nSPS) is 36.1. The van der Waals surface area contributed by atoms with E-state index in [1.807, 2.05) is 13.8 Å². The maximum atomic E-state index is 11.1. The molecule has 26 heavy (non-hydrogen) atoms. The third-order valence-electron chi connectivity index (χ3n) is 6.73. The summed E-state index contributed by atoms with van der Waals surface area (Å²) in [5.74, 6) is 0. The van der Waals surface area contributed by atoms with E-state index in [1.165, 1.54) is 51.4 Å². The van der Waals surface area contributed by atoms with Crippen molar-refractivity contribution in [2.45, 2.75) is 122 Å². The van der Waals surface area contributed by atoms with Crippen molar-refractivity contribution in [3.05, 3.63) is 0 Å². The van der Waals surface area contributed by atoms with Gasteiger partial charge in [0.25, 0.3) is 0 Å². The maximum Gasteiger partial charge on any atom is 0.188 e. The van der Waals surface area contributed by atoms with Gasteiger partial charge < -0.3 is 25.4 Å². The number of fused-ring (bicyclic) bond motifs is 1. The van der Waals surface area contributed by atoms with Crippen molar-refractivity contribution in [1.29, 1.82) is 0 Å². The summed E-state index contributed by atoms with van der Waals surface area (Å²) in [4.78, 5) is 0. The van der Waals surface area contributed by atoms with Gasteiger partial charge in [0.05, 0.1) is 0 Å². The van der Waals surface area contributed by atoms with Crippen molar-refractivity contribution >= 4 is 0 Å². The molecule has 0 aromatic rings. The lowest BCUT2D eigenvalue weighted by Gasteiger charge is -2.27. The van der Waals surface area contributed by atoms with E-state index in [0.717, 1.165) is 12.8 Å². The molecular formula is C21H41NO4. The zero-order chi connectivity index (χ0) is 19.4. The highest BCUT2D eigenvalue weighted by Crippen LogP contribution is 2.74. The van der Waals surface area contributed by atoms with Crippen LogP contribution in [0.25, 0.3) is 0 Å². The summed E-state index contributed by atoms with van der Waals surface area (Å²) in [6.07, 6.45) is 10.9. The quantitative estimate of drug-likeness (QED) is 0.432. The molecule has 154 valence electrons. The van der Waals surface area contributed by atoms with Crippen molar-refractivity contribution in [3.8, 4) is 0 Å². The molecule has 1 aliphatic heterocycles. The first kappa shape index (κ1) is 22.1. The van der Waals surface area contributed by atoms with Crippen molar-refractivity contribution in [2.75, 3.05) is 6.61 Å². The Kier molecular flexibility index (Phi) is 7.54. The predicted molar refractivity (Wildman–Crippen MR) is 104 cm³/mol. The van der Waals surface area contributed by atoms with Gasteiger partial charge in [-0.3, -0.25) is 0 Å². The summed E-state index contributed by atoms with van der Waals surface area (Å²) in [5, 5.41) is 21.5. The summed E-state index contributed by atoms with van der Waals surface area (Å²) >= 11 is 0. The molecular weight excluding hydrogens is 330 g/mol. The van der Waals surface area contributed by atoms with Crippen molar-refractivity contribution < 1.29 is 19.7 Å². The molecule has 0 aromatic heterocycles. The Morgan fingerprint density at radius 1 is 1.00 bits per heavy atom. The van der Waals surface area contributed by atoms with Crippen LogP contribution < -0.4 is 5.73 Å². The van der Waals surface area contributed by atoms with Crippen LogP contribution >= 0.6 is 0 Å². The molecule has 0 unspecified atom stereocenters.